The van der Waals surface area contributed by atoms with E-state index in [0.29, 0.717) is 24.0 Å². The van der Waals surface area contributed by atoms with Crippen LogP contribution in [-0.2, 0) is 0 Å². The Morgan fingerprint density at radius 1 is 1.21 bits per heavy atom. The maximum absolute atomic E-state index is 14.7. The Kier molecular flexibility index (Phi) is 7.50. The minimum atomic E-state index is -0.702. The van der Waals surface area contributed by atoms with Crippen LogP contribution in [0.5, 0.6) is 0 Å². The first-order chi connectivity index (χ1) is 18.2. The molecule has 3 heterocycles. The summed E-state index contributed by atoms with van der Waals surface area (Å²) >= 11 is 2.26. The van der Waals surface area contributed by atoms with Crippen molar-refractivity contribution < 1.29 is 14.0 Å². The molecule has 1 aliphatic carbocycles. The zero-order valence-electron chi connectivity index (χ0n) is 21.2. The van der Waals surface area contributed by atoms with E-state index in [-0.39, 0.29) is 33.2 Å². The van der Waals surface area contributed by atoms with Gasteiger partial charge in [0.2, 0.25) is 0 Å². The first-order valence-corrected chi connectivity index (χ1v) is 13.9. The smallest absolute Gasteiger partial charge is 0.271 e. The summed E-state index contributed by atoms with van der Waals surface area (Å²) in [6, 6.07) is 4.84. The molecule has 200 valence electrons. The molecule has 12 heteroatoms. The highest BCUT2D eigenvalue weighted by Gasteiger charge is 2.33. The normalized spacial score (nSPS) is 19.4. The summed E-state index contributed by atoms with van der Waals surface area (Å²) in [6.07, 6.45) is 8.63. The van der Waals surface area contributed by atoms with Gasteiger partial charge in [0.25, 0.3) is 11.8 Å². The Labute approximate surface area is 233 Å². The number of nitrogens with zero attached hydrogens (tertiary/aromatic N) is 5. The first kappa shape index (κ1) is 26.3. The van der Waals surface area contributed by atoms with Gasteiger partial charge in [-0.15, -0.1) is 0 Å². The molecule has 38 heavy (non-hydrogen) atoms. The molecule has 0 radical (unpaired) electrons. The zero-order chi connectivity index (χ0) is 27.0. The second-order valence-electron chi connectivity index (χ2n) is 10.0. The van der Waals surface area contributed by atoms with Crippen LogP contribution >= 0.6 is 22.6 Å². The number of nitrogens with two attached hydrogens (primary N) is 1. The van der Waals surface area contributed by atoms with E-state index >= 15 is 0 Å². The molecule has 5 rings (SSSR count). The lowest BCUT2D eigenvalue weighted by Gasteiger charge is -2.39. The topological polar surface area (TPSA) is 131 Å². The minimum Gasteiger partial charge on any atom is -0.364 e. The molecule has 4 N–H and O–H groups in total. The number of carbonyl (C=O) groups excluding carboxylic acids is 2. The number of hydrogen-bond acceptors (Lipinski definition) is 7. The molecular formula is C26H30FIN8O2. The summed E-state index contributed by atoms with van der Waals surface area (Å²) in [6.45, 7) is 4.70. The van der Waals surface area contributed by atoms with E-state index in [1.807, 2.05) is 31.0 Å². The van der Waals surface area contributed by atoms with Gasteiger partial charge in [-0.2, -0.15) is 5.10 Å². The third-order valence-electron chi connectivity index (χ3n) is 6.83. The van der Waals surface area contributed by atoms with Crippen molar-refractivity contribution in [3.63, 3.8) is 0 Å². The van der Waals surface area contributed by atoms with Crippen LogP contribution in [-0.4, -0.2) is 48.2 Å². The van der Waals surface area contributed by atoms with Crippen molar-refractivity contribution in [1.82, 2.24) is 25.1 Å². The third kappa shape index (κ3) is 5.59. The second kappa shape index (κ2) is 10.8. The molecule has 0 bridgehead atoms. The predicted octanol–water partition coefficient (Wildman–Crippen LogP) is 4.27. The molecule has 1 aromatic carbocycles. The molecule has 3 aromatic rings. The fourth-order valence-electron chi connectivity index (χ4n) is 4.58. The van der Waals surface area contributed by atoms with Gasteiger partial charge in [0.15, 0.2) is 17.3 Å². The average Bonchev–Trinajstić information content (AvgIpc) is 3.63. The van der Waals surface area contributed by atoms with Crippen molar-refractivity contribution in [2.45, 2.75) is 61.6 Å². The number of primary amides is 1. The van der Waals surface area contributed by atoms with E-state index in [9.17, 15) is 14.0 Å². The standard InChI is InChI=1S/C26H30FIN8O2/c1-14(2)36-13-17(11-31-36)32-25-22(24(29)37)30-12-21(34-25)35-9-3-4-20(23(35)28)33-26(38)18-8-7-16(10-19(18)27)15-5-6-15/h7-8,10-15,20,23H,3-6,9H2,1-2H3,(H2,29,37)(H,32,34)(H,33,38)/t20-,23+/m1/s1. The SMILES string of the molecule is CC(C)n1cc(Nc2nc(N3CCC[C@@H](NC(=O)c4ccc(C5CC5)cc4F)[C@H]3I)cnc2C(N)=O)cn1. The van der Waals surface area contributed by atoms with E-state index < -0.39 is 17.6 Å². The summed E-state index contributed by atoms with van der Waals surface area (Å²) in [5.41, 5.74) is 7.23. The number of hydrogen-bond donors (Lipinski definition) is 3. The molecule has 1 saturated heterocycles. The van der Waals surface area contributed by atoms with E-state index in [1.54, 1.807) is 16.9 Å². The number of rotatable bonds is 8. The van der Waals surface area contributed by atoms with Gasteiger partial charge >= 0.3 is 0 Å². The fourth-order valence-corrected chi connectivity index (χ4v) is 5.68. The average molecular weight is 632 g/mol. The monoisotopic (exact) mass is 632 g/mol. The Hall–Kier alpha value is -3.29. The van der Waals surface area contributed by atoms with Gasteiger partial charge in [0.1, 0.15) is 9.87 Å². The number of amides is 2. The molecule has 0 spiro atoms. The quantitative estimate of drug-likeness (QED) is 0.192. The fraction of sp³-hybridized carbons (Fsp3) is 0.423. The van der Waals surface area contributed by atoms with Gasteiger partial charge in [0.05, 0.1) is 29.7 Å². The molecular weight excluding hydrogens is 602 g/mol. The third-order valence-corrected chi connectivity index (χ3v) is 8.37. The number of carbonyl (C=O) groups is 2. The van der Waals surface area contributed by atoms with Crippen molar-refractivity contribution in [3.05, 3.63) is 59.4 Å². The largest absolute Gasteiger partial charge is 0.364 e. The van der Waals surface area contributed by atoms with Gasteiger partial charge < -0.3 is 21.3 Å². The molecule has 2 atom stereocenters. The maximum Gasteiger partial charge on any atom is 0.271 e. The van der Waals surface area contributed by atoms with Crippen LogP contribution in [0.25, 0.3) is 0 Å². The second-order valence-corrected chi connectivity index (χ2v) is 11.3. The van der Waals surface area contributed by atoms with Crippen LogP contribution < -0.4 is 21.3 Å². The highest BCUT2D eigenvalue weighted by Crippen LogP contribution is 2.40. The molecule has 2 amide bonds. The number of halogens is 2. The highest BCUT2D eigenvalue weighted by molar-refractivity contribution is 14.1. The molecule has 1 aliphatic heterocycles. The van der Waals surface area contributed by atoms with Crippen molar-refractivity contribution in [2.75, 3.05) is 16.8 Å². The summed E-state index contributed by atoms with van der Waals surface area (Å²) in [7, 11) is 0. The Morgan fingerprint density at radius 2 is 2.00 bits per heavy atom. The van der Waals surface area contributed by atoms with Gasteiger partial charge in [0, 0.05) is 18.8 Å². The number of benzene rings is 1. The van der Waals surface area contributed by atoms with E-state index in [1.165, 1.54) is 12.3 Å². The van der Waals surface area contributed by atoms with Crippen LogP contribution in [0.2, 0.25) is 0 Å². The van der Waals surface area contributed by atoms with Gasteiger partial charge in [-0.3, -0.25) is 14.3 Å². The first-order valence-electron chi connectivity index (χ1n) is 12.7. The van der Waals surface area contributed by atoms with Gasteiger partial charge in [-0.1, -0.05) is 28.7 Å². The van der Waals surface area contributed by atoms with Crippen molar-refractivity contribution in [1.29, 1.82) is 0 Å². The highest BCUT2D eigenvalue weighted by atomic mass is 127. The molecule has 10 nitrogen and oxygen atoms in total. The van der Waals surface area contributed by atoms with Crippen LogP contribution in [0.15, 0.2) is 36.8 Å². The maximum atomic E-state index is 14.7. The van der Waals surface area contributed by atoms with Crippen molar-refractivity contribution >= 4 is 51.7 Å². The van der Waals surface area contributed by atoms with Crippen LogP contribution in [0.4, 0.5) is 21.7 Å². The van der Waals surface area contributed by atoms with Crippen LogP contribution in [0.1, 0.15) is 77.9 Å². The summed E-state index contributed by atoms with van der Waals surface area (Å²) in [5.74, 6) is -0.447. The van der Waals surface area contributed by atoms with Crippen LogP contribution in [0.3, 0.4) is 0 Å². The van der Waals surface area contributed by atoms with E-state index in [2.05, 4.69) is 48.3 Å². The van der Waals surface area contributed by atoms with Crippen molar-refractivity contribution in [3.8, 4) is 0 Å². The Morgan fingerprint density at radius 3 is 2.66 bits per heavy atom. The van der Waals surface area contributed by atoms with E-state index in [0.717, 1.165) is 31.2 Å². The number of alkyl halides is 1. The summed E-state index contributed by atoms with van der Waals surface area (Å²) < 4.78 is 16.3. The zero-order valence-corrected chi connectivity index (χ0v) is 23.4. The lowest BCUT2D eigenvalue weighted by atomic mass is 10.0. The van der Waals surface area contributed by atoms with Crippen LogP contribution in [0, 0.1) is 5.82 Å². The minimum absolute atomic E-state index is 0.0167. The molecule has 2 aliphatic rings. The van der Waals surface area contributed by atoms with Crippen molar-refractivity contribution in [2.24, 2.45) is 5.73 Å². The lowest BCUT2D eigenvalue weighted by molar-refractivity contribution is 0.0926. The van der Waals surface area contributed by atoms with E-state index in [4.69, 9.17) is 5.73 Å². The Balaban J connectivity index is 1.33. The molecule has 2 aromatic heterocycles. The van der Waals surface area contributed by atoms with Gasteiger partial charge in [-0.25, -0.2) is 14.4 Å². The summed E-state index contributed by atoms with van der Waals surface area (Å²) in [5, 5.41) is 10.4. The number of nitrogens with one attached hydrogen (secondary N) is 2. The predicted molar refractivity (Wildman–Crippen MR) is 150 cm³/mol. The molecule has 0 unspecified atom stereocenters. The molecule has 2 fully saturated rings. The number of anilines is 3. The lowest BCUT2D eigenvalue weighted by Crippen LogP contribution is -2.53. The number of aromatic nitrogens is 4. The Bertz CT molecular complexity index is 1360. The number of piperidine rings is 1. The molecule has 1 saturated carbocycles. The summed E-state index contributed by atoms with van der Waals surface area (Å²) in [4.78, 5) is 36.0. The van der Waals surface area contributed by atoms with Gasteiger partial charge in [-0.05, 0) is 63.1 Å².